The van der Waals surface area contributed by atoms with Crippen molar-refractivity contribution in [3.05, 3.63) is 0 Å². The van der Waals surface area contributed by atoms with Gasteiger partial charge in [-0.05, 0) is 0 Å². The van der Waals surface area contributed by atoms with E-state index >= 15 is 0 Å². The van der Waals surface area contributed by atoms with Crippen LogP contribution in [0.5, 0.6) is 0 Å². The average molecular weight is 275 g/mol. The molecule has 1 fully saturated rings. The Morgan fingerprint density at radius 3 is 1.16 bits per heavy atom. The molecule has 0 aromatic carbocycles. The summed E-state index contributed by atoms with van der Waals surface area (Å²) in [6.45, 7) is 11.7. The molecule has 0 spiro atoms. The number of piperazine rings is 1. The van der Waals surface area contributed by atoms with Crippen molar-refractivity contribution in [1.29, 1.82) is 0 Å². The molecule has 0 atom stereocenters. The molecule has 0 aromatic rings. The van der Waals surface area contributed by atoms with E-state index in [0.29, 0.717) is 13.1 Å². The van der Waals surface area contributed by atoms with Crippen LogP contribution in [0.1, 0.15) is 0 Å². The summed E-state index contributed by atoms with van der Waals surface area (Å²) in [5.41, 5.74) is 10.6. The fourth-order valence-electron chi connectivity index (χ4n) is 1.54. The van der Waals surface area contributed by atoms with E-state index in [-0.39, 0.29) is 0 Å². The number of rotatable bonds is 10. The Morgan fingerprint density at radius 1 is 0.579 bits per heavy atom. The van der Waals surface area contributed by atoms with Gasteiger partial charge in [-0.15, -0.1) is 0 Å². The van der Waals surface area contributed by atoms with Crippen LogP contribution >= 0.6 is 0 Å². The van der Waals surface area contributed by atoms with E-state index in [9.17, 15) is 0 Å². The second-order valence-electron chi connectivity index (χ2n) is 4.33. The van der Waals surface area contributed by atoms with Gasteiger partial charge in [0, 0.05) is 78.5 Å². The quantitative estimate of drug-likeness (QED) is 0.211. The number of nitrogens with two attached hydrogens (primary N) is 2. The van der Waals surface area contributed by atoms with Gasteiger partial charge in [0.25, 0.3) is 0 Å². The van der Waals surface area contributed by atoms with Crippen molar-refractivity contribution in [1.82, 2.24) is 26.6 Å². The SMILES string of the molecule is C1CNCCN1.NCCNCCNCCNCCN. The molecule has 0 aromatic heterocycles. The van der Waals surface area contributed by atoms with Gasteiger partial charge in [-0.2, -0.15) is 0 Å². The van der Waals surface area contributed by atoms with Crippen molar-refractivity contribution in [3.8, 4) is 0 Å². The van der Waals surface area contributed by atoms with E-state index < -0.39 is 0 Å². The molecule has 1 saturated heterocycles. The molecule has 0 amide bonds. The first kappa shape index (κ1) is 18.7. The molecule has 1 heterocycles. The van der Waals surface area contributed by atoms with Crippen molar-refractivity contribution in [2.24, 2.45) is 11.5 Å². The van der Waals surface area contributed by atoms with Crippen LogP contribution < -0.4 is 38.1 Å². The summed E-state index contributed by atoms with van der Waals surface area (Å²) in [6, 6.07) is 0. The molecule has 0 aliphatic carbocycles. The molecule has 0 radical (unpaired) electrons. The lowest BCUT2D eigenvalue weighted by Crippen LogP contribution is -2.39. The van der Waals surface area contributed by atoms with Crippen LogP contribution in [0.25, 0.3) is 0 Å². The van der Waals surface area contributed by atoms with E-state index in [1.54, 1.807) is 0 Å². The lowest BCUT2D eigenvalue weighted by Gasteiger charge is -2.11. The van der Waals surface area contributed by atoms with Crippen molar-refractivity contribution in [3.63, 3.8) is 0 Å². The van der Waals surface area contributed by atoms with Crippen molar-refractivity contribution < 1.29 is 0 Å². The maximum absolute atomic E-state index is 5.32. The van der Waals surface area contributed by atoms with Gasteiger partial charge in [-0.1, -0.05) is 0 Å². The molecule has 7 heteroatoms. The molecular formula is C12H33N7. The van der Waals surface area contributed by atoms with E-state index in [2.05, 4.69) is 26.6 Å². The third-order valence-electron chi connectivity index (χ3n) is 2.56. The Labute approximate surface area is 117 Å². The van der Waals surface area contributed by atoms with Gasteiger partial charge < -0.3 is 38.1 Å². The second-order valence-corrected chi connectivity index (χ2v) is 4.33. The topological polar surface area (TPSA) is 112 Å². The zero-order chi connectivity index (χ0) is 14.0. The molecule has 0 unspecified atom stereocenters. The number of nitrogens with one attached hydrogen (secondary N) is 5. The molecule has 1 rings (SSSR count). The highest BCUT2D eigenvalue weighted by molar-refractivity contribution is 4.59. The van der Waals surface area contributed by atoms with Gasteiger partial charge >= 0.3 is 0 Å². The molecule has 9 N–H and O–H groups in total. The van der Waals surface area contributed by atoms with Gasteiger partial charge in [0.05, 0.1) is 0 Å². The van der Waals surface area contributed by atoms with E-state index in [1.807, 2.05) is 0 Å². The number of hydrogen-bond acceptors (Lipinski definition) is 7. The third kappa shape index (κ3) is 17.7. The van der Waals surface area contributed by atoms with Gasteiger partial charge in [0.2, 0.25) is 0 Å². The Bertz CT molecular complexity index is 132. The molecule has 19 heavy (non-hydrogen) atoms. The molecule has 7 nitrogen and oxygen atoms in total. The lowest BCUT2D eigenvalue weighted by atomic mass is 10.4. The first-order valence-corrected chi connectivity index (χ1v) is 7.35. The first-order valence-electron chi connectivity index (χ1n) is 7.35. The summed E-state index contributed by atoms with van der Waals surface area (Å²) in [5.74, 6) is 0. The van der Waals surface area contributed by atoms with E-state index in [0.717, 1.165) is 65.4 Å². The standard InChI is InChI=1S/C8H23N5.C4H10N2/c9-1-3-11-5-7-13-8-6-12-4-2-10;1-2-6-4-3-5-1/h11-13H,1-10H2;5-6H,1-4H2. The smallest absolute Gasteiger partial charge is 0.00772 e. The van der Waals surface area contributed by atoms with Crippen LogP contribution in [-0.2, 0) is 0 Å². The summed E-state index contributed by atoms with van der Waals surface area (Å²) < 4.78 is 0. The van der Waals surface area contributed by atoms with Crippen LogP contribution in [0.4, 0.5) is 0 Å². The highest BCUT2D eigenvalue weighted by atomic mass is 15.0. The summed E-state index contributed by atoms with van der Waals surface area (Å²) >= 11 is 0. The van der Waals surface area contributed by atoms with Crippen LogP contribution in [0.15, 0.2) is 0 Å². The summed E-state index contributed by atoms with van der Waals surface area (Å²) in [5, 5.41) is 16.2. The lowest BCUT2D eigenvalue weighted by molar-refractivity contribution is 0.534. The fourth-order valence-corrected chi connectivity index (χ4v) is 1.54. The van der Waals surface area contributed by atoms with Crippen LogP contribution in [0.3, 0.4) is 0 Å². The summed E-state index contributed by atoms with van der Waals surface area (Å²) in [4.78, 5) is 0. The minimum absolute atomic E-state index is 0.706. The molecular weight excluding hydrogens is 242 g/mol. The molecule has 1 aliphatic rings. The monoisotopic (exact) mass is 275 g/mol. The second kappa shape index (κ2) is 17.7. The zero-order valence-corrected chi connectivity index (χ0v) is 12.1. The van der Waals surface area contributed by atoms with Gasteiger partial charge in [-0.3, -0.25) is 0 Å². The van der Waals surface area contributed by atoms with Crippen LogP contribution in [0, 0.1) is 0 Å². The normalized spacial score (nSPS) is 14.8. The Kier molecular flexibility index (Phi) is 17.5. The Morgan fingerprint density at radius 2 is 0.895 bits per heavy atom. The zero-order valence-electron chi connectivity index (χ0n) is 12.1. The molecule has 1 aliphatic heterocycles. The highest BCUT2D eigenvalue weighted by Gasteiger charge is 1.91. The largest absolute Gasteiger partial charge is 0.329 e. The van der Waals surface area contributed by atoms with E-state index in [1.165, 1.54) is 0 Å². The maximum Gasteiger partial charge on any atom is 0.00772 e. The first-order chi connectivity index (χ1) is 9.41. The van der Waals surface area contributed by atoms with Gasteiger partial charge in [0.15, 0.2) is 0 Å². The van der Waals surface area contributed by atoms with E-state index in [4.69, 9.17) is 11.5 Å². The van der Waals surface area contributed by atoms with Crippen molar-refractivity contribution in [2.45, 2.75) is 0 Å². The molecule has 0 saturated carbocycles. The van der Waals surface area contributed by atoms with Crippen molar-refractivity contribution >= 4 is 0 Å². The minimum atomic E-state index is 0.706. The number of hydrogen-bond donors (Lipinski definition) is 7. The average Bonchev–Trinajstić information content (AvgIpc) is 2.48. The van der Waals surface area contributed by atoms with Crippen LogP contribution in [-0.4, -0.2) is 78.5 Å². The summed E-state index contributed by atoms with van der Waals surface area (Å²) in [6.07, 6.45) is 0. The minimum Gasteiger partial charge on any atom is -0.329 e. The Balaban J connectivity index is 0.000000443. The summed E-state index contributed by atoms with van der Waals surface area (Å²) in [7, 11) is 0. The fraction of sp³-hybridized carbons (Fsp3) is 1.00. The van der Waals surface area contributed by atoms with Crippen molar-refractivity contribution in [2.75, 3.05) is 78.5 Å². The maximum atomic E-state index is 5.32. The molecule has 0 bridgehead atoms. The highest BCUT2D eigenvalue weighted by Crippen LogP contribution is 1.65. The van der Waals surface area contributed by atoms with Crippen LogP contribution in [0.2, 0.25) is 0 Å². The predicted octanol–water partition coefficient (Wildman–Crippen LogP) is -3.15. The Hall–Kier alpha value is -0.280. The molecule has 116 valence electrons. The van der Waals surface area contributed by atoms with Gasteiger partial charge in [-0.25, -0.2) is 0 Å². The predicted molar refractivity (Wildman–Crippen MR) is 82.5 cm³/mol. The third-order valence-corrected chi connectivity index (χ3v) is 2.56. The van der Waals surface area contributed by atoms with Gasteiger partial charge in [0.1, 0.15) is 0 Å².